The van der Waals surface area contributed by atoms with Gasteiger partial charge in [-0.2, -0.15) is 0 Å². The van der Waals surface area contributed by atoms with Gasteiger partial charge in [0, 0.05) is 38.9 Å². The van der Waals surface area contributed by atoms with Crippen LogP contribution in [0.4, 0.5) is 5.82 Å². The highest BCUT2D eigenvalue weighted by Gasteiger charge is 2.21. The highest BCUT2D eigenvalue weighted by Crippen LogP contribution is 2.24. The zero-order valence-electron chi connectivity index (χ0n) is 19.0. The van der Waals surface area contributed by atoms with Gasteiger partial charge in [0.2, 0.25) is 0 Å². The van der Waals surface area contributed by atoms with Crippen molar-refractivity contribution in [3.8, 4) is 5.75 Å². The minimum absolute atomic E-state index is 0. The molecule has 2 heterocycles. The van der Waals surface area contributed by atoms with Crippen molar-refractivity contribution >= 4 is 35.8 Å². The van der Waals surface area contributed by atoms with Gasteiger partial charge in [0.15, 0.2) is 5.96 Å². The molecule has 1 saturated carbocycles. The van der Waals surface area contributed by atoms with Crippen molar-refractivity contribution in [2.45, 2.75) is 63.6 Å². The number of benzene rings is 1. The van der Waals surface area contributed by atoms with E-state index < -0.39 is 0 Å². The molecule has 1 aromatic heterocycles. The molecular formula is C25H36IN5O. The van der Waals surface area contributed by atoms with Crippen LogP contribution < -0.4 is 20.3 Å². The lowest BCUT2D eigenvalue weighted by molar-refractivity contribution is 0.155. The van der Waals surface area contributed by atoms with E-state index in [9.17, 15) is 0 Å². The second-order valence-corrected chi connectivity index (χ2v) is 8.54. The molecule has 2 fully saturated rings. The smallest absolute Gasteiger partial charge is 0.191 e. The SMILES string of the molecule is CN=C(NCc1cccc(OC2CCCCC2)c1)NC1CCN(c2ccccn2)CC1.I. The number of rotatable bonds is 6. The molecule has 0 spiro atoms. The van der Waals surface area contributed by atoms with Crippen LogP contribution in [0, 0.1) is 0 Å². The maximum atomic E-state index is 6.21. The number of ether oxygens (including phenoxy) is 1. The van der Waals surface area contributed by atoms with E-state index in [-0.39, 0.29) is 24.0 Å². The molecule has 0 bridgehead atoms. The minimum atomic E-state index is 0. The lowest BCUT2D eigenvalue weighted by Crippen LogP contribution is -2.48. The third-order valence-electron chi connectivity index (χ3n) is 6.25. The summed E-state index contributed by atoms with van der Waals surface area (Å²) in [6.07, 6.45) is 10.7. The largest absolute Gasteiger partial charge is 0.490 e. The first-order chi connectivity index (χ1) is 15.3. The van der Waals surface area contributed by atoms with E-state index in [0.717, 1.165) is 50.0 Å². The van der Waals surface area contributed by atoms with Gasteiger partial charge in [-0.25, -0.2) is 4.98 Å². The predicted molar refractivity (Wildman–Crippen MR) is 142 cm³/mol. The average Bonchev–Trinajstić information content (AvgIpc) is 2.83. The van der Waals surface area contributed by atoms with Crippen LogP contribution in [0.3, 0.4) is 0 Å². The third kappa shape index (κ3) is 7.25. The Balaban J connectivity index is 0.00000289. The Morgan fingerprint density at radius 1 is 1.06 bits per heavy atom. The zero-order valence-corrected chi connectivity index (χ0v) is 21.3. The Bertz CT molecular complexity index is 833. The fourth-order valence-electron chi connectivity index (χ4n) is 4.47. The highest BCUT2D eigenvalue weighted by molar-refractivity contribution is 14.0. The summed E-state index contributed by atoms with van der Waals surface area (Å²) in [5.74, 6) is 2.91. The molecule has 1 aliphatic carbocycles. The van der Waals surface area contributed by atoms with Crippen LogP contribution in [0.5, 0.6) is 5.75 Å². The Morgan fingerprint density at radius 2 is 1.88 bits per heavy atom. The van der Waals surface area contributed by atoms with E-state index in [1.807, 2.05) is 25.4 Å². The van der Waals surface area contributed by atoms with Gasteiger partial charge < -0.3 is 20.3 Å². The van der Waals surface area contributed by atoms with E-state index in [0.29, 0.717) is 12.1 Å². The second-order valence-electron chi connectivity index (χ2n) is 8.54. The van der Waals surface area contributed by atoms with Crippen molar-refractivity contribution in [1.82, 2.24) is 15.6 Å². The summed E-state index contributed by atoms with van der Waals surface area (Å²) in [6, 6.07) is 15.0. The van der Waals surface area contributed by atoms with E-state index >= 15 is 0 Å². The average molecular weight is 550 g/mol. The normalized spacial score (nSPS) is 18.0. The molecule has 1 aromatic carbocycles. The van der Waals surface area contributed by atoms with Gasteiger partial charge in [0.05, 0.1) is 6.10 Å². The monoisotopic (exact) mass is 549 g/mol. The number of aromatic nitrogens is 1. The number of anilines is 1. The minimum Gasteiger partial charge on any atom is -0.490 e. The maximum absolute atomic E-state index is 6.21. The molecular weight excluding hydrogens is 513 g/mol. The summed E-state index contributed by atoms with van der Waals surface area (Å²) in [4.78, 5) is 11.3. The molecule has 2 aromatic rings. The lowest BCUT2D eigenvalue weighted by Gasteiger charge is -2.33. The molecule has 4 rings (SSSR count). The third-order valence-corrected chi connectivity index (χ3v) is 6.25. The van der Waals surface area contributed by atoms with E-state index in [4.69, 9.17) is 4.74 Å². The zero-order chi connectivity index (χ0) is 21.3. The molecule has 0 unspecified atom stereocenters. The first kappa shape index (κ1) is 24.6. The first-order valence-electron chi connectivity index (χ1n) is 11.7. The topological polar surface area (TPSA) is 61.8 Å². The Hall–Kier alpha value is -2.03. The number of nitrogens with zero attached hydrogens (tertiary/aromatic N) is 3. The molecule has 0 radical (unpaired) electrons. The van der Waals surface area contributed by atoms with Crippen LogP contribution in [-0.4, -0.2) is 43.2 Å². The lowest BCUT2D eigenvalue weighted by atomic mass is 9.98. The van der Waals surface area contributed by atoms with Gasteiger partial charge in [-0.3, -0.25) is 4.99 Å². The fourth-order valence-corrected chi connectivity index (χ4v) is 4.47. The van der Waals surface area contributed by atoms with Gasteiger partial charge in [-0.05, 0) is 68.4 Å². The summed E-state index contributed by atoms with van der Waals surface area (Å²) in [5, 5.41) is 7.05. The van der Waals surface area contributed by atoms with Gasteiger partial charge >= 0.3 is 0 Å². The summed E-state index contributed by atoms with van der Waals surface area (Å²) < 4.78 is 6.21. The molecule has 2 aliphatic rings. The highest BCUT2D eigenvalue weighted by atomic mass is 127. The van der Waals surface area contributed by atoms with Crippen molar-refractivity contribution in [2.75, 3.05) is 25.0 Å². The molecule has 1 saturated heterocycles. The molecule has 0 amide bonds. The van der Waals surface area contributed by atoms with Crippen LogP contribution in [0.2, 0.25) is 0 Å². The van der Waals surface area contributed by atoms with Crippen LogP contribution in [-0.2, 0) is 6.54 Å². The van der Waals surface area contributed by atoms with Crippen molar-refractivity contribution in [3.05, 3.63) is 54.2 Å². The Morgan fingerprint density at radius 3 is 2.59 bits per heavy atom. The van der Waals surface area contributed by atoms with Gasteiger partial charge in [-0.15, -0.1) is 24.0 Å². The summed E-state index contributed by atoms with van der Waals surface area (Å²) in [5.41, 5.74) is 1.21. The summed E-state index contributed by atoms with van der Waals surface area (Å²) >= 11 is 0. The summed E-state index contributed by atoms with van der Waals surface area (Å²) in [6.45, 7) is 2.74. The number of aliphatic imine (C=N–C) groups is 1. The number of nitrogens with one attached hydrogen (secondary N) is 2. The van der Waals surface area contributed by atoms with Gasteiger partial charge in [0.1, 0.15) is 11.6 Å². The Kier molecular flexibility index (Phi) is 9.89. The molecule has 1 aliphatic heterocycles. The molecule has 6 nitrogen and oxygen atoms in total. The number of hydrogen-bond donors (Lipinski definition) is 2. The number of guanidine groups is 1. The standard InChI is InChI=1S/C25H35N5O.HI/c1-26-25(29-21-13-16-30(17-14-21)24-12-5-6-15-27-24)28-19-20-8-7-11-23(18-20)31-22-9-3-2-4-10-22;/h5-8,11-12,15,18,21-22H,2-4,9-10,13-14,16-17,19H2,1H3,(H2,26,28,29);1H. The van der Waals surface area contributed by atoms with Crippen molar-refractivity contribution in [3.63, 3.8) is 0 Å². The molecule has 32 heavy (non-hydrogen) atoms. The van der Waals surface area contributed by atoms with Crippen LogP contribution in [0.25, 0.3) is 0 Å². The number of halogens is 1. The Labute approximate surface area is 209 Å². The summed E-state index contributed by atoms with van der Waals surface area (Å²) in [7, 11) is 1.83. The van der Waals surface area contributed by atoms with E-state index in [1.165, 1.54) is 37.7 Å². The van der Waals surface area contributed by atoms with E-state index in [1.54, 1.807) is 0 Å². The molecule has 0 atom stereocenters. The van der Waals surface area contributed by atoms with Crippen LogP contribution >= 0.6 is 24.0 Å². The number of pyridine rings is 1. The van der Waals surface area contributed by atoms with Crippen molar-refractivity contribution in [2.24, 2.45) is 4.99 Å². The predicted octanol–water partition coefficient (Wildman–Crippen LogP) is 4.75. The van der Waals surface area contributed by atoms with Gasteiger partial charge in [-0.1, -0.05) is 24.6 Å². The van der Waals surface area contributed by atoms with Crippen molar-refractivity contribution < 1.29 is 4.74 Å². The van der Waals surface area contributed by atoms with Crippen LogP contribution in [0.1, 0.15) is 50.5 Å². The number of piperidine rings is 1. The maximum Gasteiger partial charge on any atom is 0.191 e. The fraction of sp³-hybridized carbons (Fsp3) is 0.520. The molecule has 7 heteroatoms. The second kappa shape index (κ2) is 12.9. The molecule has 2 N–H and O–H groups in total. The number of hydrogen-bond acceptors (Lipinski definition) is 4. The molecule has 174 valence electrons. The van der Waals surface area contributed by atoms with Crippen molar-refractivity contribution in [1.29, 1.82) is 0 Å². The van der Waals surface area contributed by atoms with Crippen LogP contribution in [0.15, 0.2) is 53.7 Å². The van der Waals surface area contributed by atoms with E-state index in [2.05, 4.69) is 55.8 Å². The first-order valence-corrected chi connectivity index (χ1v) is 11.7. The van der Waals surface area contributed by atoms with Gasteiger partial charge in [0.25, 0.3) is 0 Å². The quantitative estimate of drug-likeness (QED) is 0.310.